The lowest BCUT2D eigenvalue weighted by Gasteiger charge is -2.20. The van der Waals surface area contributed by atoms with Gasteiger partial charge in [0.15, 0.2) is 0 Å². The van der Waals surface area contributed by atoms with Crippen LogP contribution in [-0.2, 0) is 20.9 Å². The smallest absolute Gasteiger partial charge is 0.412 e. The van der Waals surface area contributed by atoms with E-state index in [1.54, 1.807) is 40.0 Å². The second-order valence-corrected chi connectivity index (χ2v) is 18.1. The van der Waals surface area contributed by atoms with Crippen LogP contribution in [0.1, 0.15) is 48.9 Å². The van der Waals surface area contributed by atoms with E-state index in [2.05, 4.69) is 57.0 Å². The van der Waals surface area contributed by atoms with E-state index in [4.69, 9.17) is 14.2 Å². The van der Waals surface area contributed by atoms with Crippen molar-refractivity contribution in [3.8, 4) is 0 Å². The van der Waals surface area contributed by atoms with Crippen LogP contribution in [-0.4, -0.2) is 60.0 Å². The number of aromatic nitrogens is 3. The molecule has 1 aliphatic heterocycles. The lowest BCUT2D eigenvalue weighted by molar-refractivity contribution is 0.0635. The van der Waals surface area contributed by atoms with Crippen molar-refractivity contribution in [1.29, 1.82) is 0 Å². The minimum atomic E-state index is -1.21. The van der Waals surface area contributed by atoms with E-state index in [0.717, 1.165) is 29.2 Å². The Morgan fingerprint density at radius 3 is 2.56 bits per heavy atom. The van der Waals surface area contributed by atoms with Gasteiger partial charge in [-0.3, -0.25) is 15.1 Å². The molecule has 0 aromatic carbocycles. The zero-order chi connectivity index (χ0) is 29.8. The molecule has 10 nitrogen and oxygen atoms in total. The molecule has 3 aromatic rings. The molecule has 41 heavy (non-hydrogen) atoms. The van der Waals surface area contributed by atoms with Crippen molar-refractivity contribution in [3.63, 3.8) is 0 Å². The number of nitrogens with zero attached hydrogens (tertiary/aromatic N) is 3. The Morgan fingerprint density at radius 2 is 1.88 bits per heavy atom. The zero-order valence-electron chi connectivity index (χ0n) is 25.1. The van der Waals surface area contributed by atoms with E-state index in [-0.39, 0.29) is 5.91 Å². The Labute approximate surface area is 242 Å². The zero-order valence-corrected chi connectivity index (χ0v) is 26.1. The molecule has 0 radical (unpaired) electrons. The molecule has 0 saturated carbocycles. The summed E-state index contributed by atoms with van der Waals surface area (Å²) in [4.78, 5) is 34.5. The Kier molecular flexibility index (Phi) is 9.30. The predicted molar refractivity (Wildman–Crippen MR) is 164 cm³/mol. The van der Waals surface area contributed by atoms with Crippen LogP contribution < -0.4 is 10.6 Å². The summed E-state index contributed by atoms with van der Waals surface area (Å²) in [5.74, 6) is -0.329. The highest BCUT2D eigenvalue weighted by atomic mass is 28.3. The van der Waals surface area contributed by atoms with Crippen LogP contribution in [0.15, 0.2) is 36.7 Å². The highest BCUT2D eigenvalue weighted by Crippen LogP contribution is 2.29. The van der Waals surface area contributed by atoms with Gasteiger partial charge in [-0.2, -0.15) is 0 Å². The van der Waals surface area contributed by atoms with Crippen molar-refractivity contribution in [2.24, 2.45) is 0 Å². The number of hydrogen-bond donors (Lipinski definition) is 2. The van der Waals surface area contributed by atoms with Gasteiger partial charge in [0.1, 0.15) is 18.0 Å². The van der Waals surface area contributed by atoms with E-state index < -0.39 is 19.8 Å². The molecule has 3 aromatic heterocycles. The minimum Gasteiger partial charge on any atom is -0.444 e. The number of hydrogen-bond acceptors (Lipinski definition) is 7. The van der Waals surface area contributed by atoms with Crippen LogP contribution in [0.25, 0.3) is 16.6 Å². The fourth-order valence-electron chi connectivity index (χ4n) is 4.30. The molecule has 0 atom stereocenters. The van der Waals surface area contributed by atoms with Gasteiger partial charge in [0.25, 0.3) is 5.91 Å². The first kappa shape index (κ1) is 30.4. The number of amides is 2. The third kappa shape index (κ3) is 8.48. The summed E-state index contributed by atoms with van der Waals surface area (Å²) in [6.45, 7) is 16.5. The Hall–Kier alpha value is -3.54. The van der Waals surface area contributed by atoms with Gasteiger partial charge < -0.3 is 24.1 Å². The van der Waals surface area contributed by atoms with Crippen molar-refractivity contribution in [2.75, 3.05) is 30.5 Å². The van der Waals surface area contributed by atoms with E-state index in [9.17, 15) is 9.59 Å². The molecular weight excluding hydrogens is 538 g/mol. The predicted octanol–water partition coefficient (Wildman–Crippen LogP) is 6.46. The summed E-state index contributed by atoms with van der Waals surface area (Å²) < 4.78 is 19.0. The number of rotatable bonds is 9. The van der Waals surface area contributed by atoms with Gasteiger partial charge in [0, 0.05) is 32.0 Å². The maximum absolute atomic E-state index is 13.3. The van der Waals surface area contributed by atoms with Crippen LogP contribution >= 0.6 is 0 Å². The van der Waals surface area contributed by atoms with Crippen LogP contribution in [0.2, 0.25) is 25.7 Å². The largest absolute Gasteiger partial charge is 0.444 e. The molecule has 0 aliphatic carbocycles. The first-order valence-electron chi connectivity index (χ1n) is 13.9. The highest BCUT2D eigenvalue weighted by Gasteiger charge is 2.20. The lowest BCUT2D eigenvalue weighted by atomic mass is 10.1. The van der Waals surface area contributed by atoms with Crippen LogP contribution in [0.3, 0.4) is 0 Å². The molecule has 2 amide bonds. The number of aryl methyl sites for hydroxylation is 1. The van der Waals surface area contributed by atoms with Crippen molar-refractivity contribution in [3.05, 3.63) is 53.6 Å². The fraction of sp³-hybridized carbons (Fsp3) is 0.467. The molecule has 0 unspecified atom stereocenters. The topological polar surface area (TPSA) is 117 Å². The Balaban J connectivity index is 1.55. The Bertz CT molecular complexity index is 1450. The van der Waals surface area contributed by atoms with Crippen LogP contribution in [0.4, 0.5) is 16.2 Å². The molecule has 1 aliphatic rings. The number of carbonyl (C=O) groups excluding carboxylic acids is 2. The normalized spacial score (nSPS) is 14.1. The first-order chi connectivity index (χ1) is 19.3. The van der Waals surface area contributed by atoms with E-state index in [0.29, 0.717) is 49.2 Å². The van der Waals surface area contributed by atoms with Gasteiger partial charge in [0.05, 0.1) is 42.0 Å². The molecule has 0 bridgehead atoms. The van der Waals surface area contributed by atoms with Crippen molar-refractivity contribution in [1.82, 2.24) is 14.5 Å². The second-order valence-electron chi connectivity index (χ2n) is 12.4. The summed E-state index contributed by atoms with van der Waals surface area (Å²) in [5, 5.41) is 6.41. The number of carbonyl (C=O) groups is 2. The average molecular weight is 580 g/mol. The van der Waals surface area contributed by atoms with Crippen LogP contribution in [0.5, 0.6) is 0 Å². The summed E-state index contributed by atoms with van der Waals surface area (Å²) in [6.07, 6.45) is 5.39. The molecular formula is C30H41N5O5Si. The lowest BCUT2D eigenvalue weighted by Crippen LogP contribution is -2.27. The standard InChI is InChI=1S/C30H41N5O5Si/c1-20-25(16-24(18-31-20)33-29(37)40-30(2,3)4)34-28(36)23-14-22-15-26(21-8-10-38-11-9-21)35(27(22)32-17-23)19-39-12-13-41(5,6)7/h8,14-18H,9-13,19H2,1-7H3,(H,33,37)(H,34,36). The second kappa shape index (κ2) is 12.5. The Morgan fingerprint density at radius 1 is 1.10 bits per heavy atom. The summed E-state index contributed by atoms with van der Waals surface area (Å²) >= 11 is 0. The number of fused-ring (bicyclic) bond motifs is 1. The summed E-state index contributed by atoms with van der Waals surface area (Å²) in [5.41, 5.74) is 4.25. The molecule has 2 N–H and O–H groups in total. The van der Waals surface area contributed by atoms with E-state index >= 15 is 0 Å². The maximum Gasteiger partial charge on any atom is 0.412 e. The molecule has 11 heteroatoms. The number of pyridine rings is 2. The van der Waals surface area contributed by atoms with Gasteiger partial charge >= 0.3 is 6.09 Å². The number of nitrogens with one attached hydrogen (secondary N) is 2. The number of ether oxygens (including phenoxy) is 3. The van der Waals surface area contributed by atoms with Gasteiger partial charge in [-0.15, -0.1) is 0 Å². The summed E-state index contributed by atoms with van der Waals surface area (Å²) in [7, 11) is -1.21. The van der Waals surface area contributed by atoms with Gasteiger partial charge in [-0.1, -0.05) is 25.7 Å². The fourth-order valence-corrected chi connectivity index (χ4v) is 5.06. The van der Waals surface area contributed by atoms with Gasteiger partial charge in [-0.25, -0.2) is 9.78 Å². The average Bonchev–Trinajstić information content (AvgIpc) is 3.25. The van der Waals surface area contributed by atoms with Crippen LogP contribution in [0, 0.1) is 6.92 Å². The minimum absolute atomic E-state index is 0.329. The molecule has 4 heterocycles. The van der Waals surface area contributed by atoms with Gasteiger partial charge in [0.2, 0.25) is 0 Å². The quantitative estimate of drug-likeness (QED) is 0.221. The molecule has 4 rings (SSSR count). The van der Waals surface area contributed by atoms with Crippen molar-refractivity contribution in [2.45, 2.75) is 72.1 Å². The SMILES string of the molecule is Cc1ncc(NC(=O)OC(C)(C)C)cc1NC(=O)c1cnc2c(c1)cc(C1=CCOCC1)n2COCC[Si](C)(C)C. The van der Waals surface area contributed by atoms with Gasteiger partial charge in [-0.05, 0) is 63.9 Å². The highest BCUT2D eigenvalue weighted by molar-refractivity contribution is 6.76. The maximum atomic E-state index is 13.3. The summed E-state index contributed by atoms with van der Waals surface area (Å²) in [6, 6.07) is 6.64. The third-order valence-electron chi connectivity index (χ3n) is 6.49. The van der Waals surface area contributed by atoms with E-state index in [1.807, 2.05) is 6.07 Å². The number of anilines is 2. The third-order valence-corrected chi connectivity index (χ3v) is 8.19. The van der Waals surface area contributed by atoms with E-state index in [1.165, 1.54) is 11.8 Å². The molecule has 0 fully saturated rings. The van der Waals surface area contributed by atoms with Crippen molar-refractivity contribution >= 4 is 48.1 Å². The monoisotopic (exact) mass is 579 g/mol. The van der Waals surface area contributed by atoms with Crippen molar-refractivity contribution < 1.29 is 23.8 Å². The molecule has 0 saturated heterocycles. The molecule has 0 spiro atoms. The first-order valence-corrected chi connectivity index (χ1v) is 17.6. The molecule has 220 valence electrons.